The zero-order valence-electron chi connectivity index (χ0n) is 17.3. The fraction of sp³-hybridized carbons (Fsp3) is 0.435. The van der Waals surface area contributed by atoms with Gasteiger partial charge in [0.05, 0.1) is 17.9 Å². The molecule has 0 saturated heterocycles. The molecule has 7 heteroatoms. The number of carbonyl (C=O) groups is 1. The molecule has 1 fully saturated rings. The Hall–Kier alpha value is -2.95. The Morgan fingerprint density at radius 2 is 2.07 bits per heavy atom. The maximum Gasteiger partial charge on any atom is 0.263 e. The summed E-state index contributed by atoms with van der Waals surface area (Å²) in [5.74, 6) is -0.198. The standard InChI is InChI=1S/C23H28N4O3/c1-27-15-16(14-25-10-11-28)12-19(23(27)30)22(29)26-21-9-5-8-18(20(21)13-24)17-6-3-2-4-7-17/h5,8-9,12,15,17,25,28H,2-4,6-7,10-11,14H2,1H3,(H,26,29). The number of pyridine rings is 1. The maximum atomic E-state index is 12.9. The highest BCUT2D eigenvalue weighted by molar-refractivity contribution is 6.04. The van der Waals surface area contributed by atoms with Crippen LogP contribution in [0.15, 0.2) is 35.3 Å². The van der Waals surface area contributed by atoms with E-state index in [9.17, 15) is 14.9 Å². The lowest BCUT2D eigenvalue weighted by Crippen LogP contribution is -2.29. The van der Waals surface area contributed by atoms with Crippen LogP contribution >= 0.6 is 0 Å². The van der Waals surface area contributed by atoms with Gasteiger partial charge in [-0.1, -0.05) is 31.4 Å². The maximum absolute atomic E-state index is 12.9. The number of aliphatic hydroxyl groups excluding tert-OH is 1. The topological polar surface area (TPSA) is 107 Å². The van der Waals surface area contributed by atoms with Crippen molar-refractivity contribution in [2.45, 2.75) is 44.6 Å². The second-order valence-corrected chi connectivity index (χ2v) is 7.75. The Labute approximate surface area is 176 Å². The third-order valence-electron chi connectivity index (χ3n) is 5.60. The van der Waals surface area contributed by atoms with Gasteiger partial charge in [0, 0.05) is 26.3 Å². The van der Waals surface area contributed by atoms with Gasteiger partial charge in [0.15, 0.2) is 0 Å². The third kappa shape index (κ3) is 4.96. The van der Waals surface area contributed by atoms with Crippen molar-refractivity contribution in [3.63, 3.8) is 0 Å². The van der Waals surface area contributed by atoms with Crippen molar-refractivity contribution in [3.05, 3.63) is 63.1 Å². The lowest BCUT2D eigenvalue weighted by Gasteiger charge is -2.23. The average Bonchev–Trinajstić information content (AvgIpc) is 2.76. The van der Waals surface area contributed by atoms with E-state index in [2.05, 4.69) is 16.7 Å². The van der Waals surface area contributed by atoms with Crippen LogP contribution in [0.5, 0.6) is 0 Å². The Morgan fingerprint density at radius 1 is 1.30 bits per heavy atom. The lowest BCUT2D eigenvalue weighted by molar-refractivity contribution is 0.102. The molecule has 158 valence electrons. The fourth-order valence-corrected chi connectivity index (χ4v) is 4.10. The first-order valence-electron chi connectivity index (χ1n) is 10.4. The molecular formula is C23H28N4O3. The minimum Gasteiger partial charge on any atom is -0.395 e. The summed E-state index contributed by atoms with van der Waals surface area (Å²) in [4.78, 5) is 25.5. The molecule has 3 rings (SSSR count). The number of hydrogen-bond donors (Lipinski definition) is 3. The van der Waals surface area contributed by atoms with Crippen molar-refractivity contribution in [2.75, 3.05) is 18.5 Å². The van der Waals surface area contributed by atoms with E-state index in [1.807, 2.05) is 12.1 Å². The summed E-state index contributed by atoms with van der Waals surface area (Å²) in [6, 6.07) is 9.35. The Morgan fingerprint density at radius 3 is 2.77 bits per heavy atom. The summed E-state index contributed by atoms with van der Waals surface area (Å²) in [5.41, 5.74) is 2.27. The van der Waals surface area contributed by atoms with Crippen LogP contribution in [0.1, 0.15) is 65.1 Å². The first-order chi connectivity index (χ1) is 14.5. The quantitative estimate of drug-likeness (QED) is 0.611. The zero-order valence-corrected chi connectivity index (χ0v) is 17.3. The molecule has 3 N–H and O–H groups in total. The van der Waals surface area contributed by atoms with Crippen LogP contribution in [0.2, 0.25) is 0 Å². The van der Waals surface area contributed by atoms with E-state index < -0.39 is 11.5 Å². The van der Waals surface area contributed by atoms with E-state index in [0.717, 1.165) is 36.8 Å². The number of amides is 1. The highest BCUT2D eigenvalue weighted by Crippen LogP contribution is 2.36. The Kier molecular flexibility index (Phi) is 7.39. The molecule has 1 amide bonds. The summed E-state index contributed by atoms with van der Waals surface area (Å²) in [6.07, 6.45) is 7.29. The molecule has 1 aromatic carbocycles. The summed E-state index contributed by atoms with van der Waals surface area (Å²) < 4.78 is 1.37. The molecule has 1 saturated carbocycles. The first kappa shape index (κ1) is 21.8. The van der Waals surface area contributed by atoms with Gasteiger partial charge in [-0.15, -0.1) is 0 Å². The lowest BCUT2D eigenvalue weighted by atomic mass is 9.82. The monoisotopic (exact) mass is 408 g/mol. The van der Waals surface area contributed by atoms with Crippen LogP contribution in [0.4, 0.5) is 5.69 Å². The van der Waals surface area contributed by atoms with Gasteiger partial charge in [0.25, 0.3) is 11.5 Å². The SMILES string of the molecule is Cn1cc(CNCCO)cc(C(=O)Nc2cccc(C3CCCCC3)c2C#N)c1=O. The highest BCUT2D eigenvalue weighted by atomic mass is 16.3. The number of nitriles is 1. The van der Waals surface area contributed by atoms with Gasteiger partial charge >= 0.3 is 0 Å². The number of aryl methyl sites for hydroxylation is 1. The molecule has 0 spiro atoms. The predicted molar refractivity (Wildman–Crippen MR) is 115 cm³/mol. The molecule has 0 bridgehead atoms. The smallest absolute Gasteiger partial charge is 0.263 e. The summed E-state index contributed by atoms with van der Waals surface area (Å²) in [6.45, 7) is 0.854. The number of aliphatic hydroxyl groups is 1. The molecule has 1 aromatic heterocycles. The molecule has 0 atom stereocenters. The van der Waals surface area contributed by atoms with Crippen molar-refractivity contribution in [3.8, 4) is 6.07 Å². The minimum atomic E-state index is -0.531. The number of aromatic nitrogens is 1. The van der Waals surface area contributed by atoms with Crippen molar-refractivity contribution >= 4 is 11.6 Å². The molecule has 0 radical (unpaired) electrons. The fourth-order valence-electron chi connectivity index (χ4n) is 4.10. The second-order valence-electron chi connectivity index (χ2n) is 7.75. The molecule has 1 heterocycles. The predicted octanol–water partition coefficient (Wildman–Crippen LogP) is 2.64. The normalized spacial score (nSPS) is 14.3. The van der Waals surface area contributed by atoms with E-state index >= 15 is 0 Å². The number of nitrogens with zero attached hydrogens (tertiary/aromatic N) is 2. The van der Waals surface area contributed by atoms with Gasteiger partial charge in [-0.05, 0) is 42.0 Å². The van der Waals surface area contributed by atoms with Crippen LogP contribution in [-0.2, 0) is 13.6 Å². The summed E-state index contributed by atoms with van der Waals surface area (Å²) in [5, 5.41) is 24.5. The molecule has 1 aliphatic rings. The molecular weight excluding hydrogens is 380 g/mol. The average molecular weight is 409 g/mol. The van der Waals surface area contributed by atoms with Crippen LogP contribution in [0.3, 0.4) is 0 Å². The summed E-state index contributed by atoms with van der Waals surface area (Å²) >= 11 is 0. The molecule has 0 aliphatic heterocycles. The van der Waals surface area contributed by atoms with Crippen molar-refractivity contribution < 1.29 is 9.90 Å². The zero-order chi connectivity index (χ0) is 21.5. The molecule has 30 heavy (non-hydrogen) atoms. The van der Waals surface area contributed by atoms with Gasteiger partial charge in [0.1, 0.15) is 11.6 Å². The van der Waals surface area contributed by atoms with E-state index in [1.165, 1.54) is 11.0 Å². The van der Waals surface area contributed by atoms with Crippen LogP contribution in [0.25, 0.3) is 0 Å². The number of anilines is 1. The highest BCUT2D eigenvalue weighted by Gasteiger charge is 2.22. The van der Waals surface area contributed by atoms with Gasteiger partial charge in [-0.2, -0.15) is 5.26 Å². The van der Waals surface area contributed by atoms with Gasteiger partial charge in [-0.25, -0.2) is 0 Å². The molecule has 0 unspecified atom stereocenters. The summed E-state index contributed by atoms with van der Waals surface area (Å²) in [7, 11) is 1.60. The van der Waals surface area contributed by atoms with E-state index in [4.69, 9.17) is 5.11 Å². The van der Waals surface area contributed by atoms with Gasteiger partial charge in [0.2, 0.25) is 0 Å². The number of rotatable bonds is 7. The van der Waals surface area contributed by atoms with Gasteiger partial charge in [-0.3, -0.25) is 9.59 Å². The molecule has 2 aromatic rings. The Balaban J connectivity index is 1.87. The van der Waals surface area contributed by atoms with Crippen molar-refractivity contribution in [1.29, 1.82) is 5.26 Å². The molecule has 1 aliphatic carbocycles. The Bertz CT molecular complexity index is 1000. The van der Waals surface area contributed by atoms with E-state index in [0.29, 0.717) is 30.3 Å². The first-order valence-corrected chi connectivity index (χ1v) is 10.4. The second kappa shape index (κ2) is 10.2. The minimum absolute atomic E-state index is 0.00732. The van der Waals surface area contributed by atoms with Crippen molar-refractivity contribution in [2.24, 2.45) is 7.05 Å². The number of carbonyl (C=O) groups excluding carboxylic acids is 1. The number of benzene rings is 1. The van der Waals surface area contributed by atoms with Crippen LogP contribution in [-0.4, -0.2) is 28.7 Å². The number of hydrogen-bond acceptors (Lipinski definition) is 5. The van der Waals surface area contributed by atoms with E-state index in [1.54, 1.807) is 25.4 Å². The van der Waals surface area contributed by atoms with Crippen LogP contribution in [0, 0.1) is 11.3 Å². The third-order valence-corrected chi connectivity index (χ3v) is 5.60. The van der Waals surface area contributed by atoms with E-state index in [-0.39, 0.29) is 12.2 Å². The van der Waals surface area contributed by atoms with Crippen molar-refractivity contribution in [1.82, 2.24) is 9.88 Å². The largest absolute Gasteiger partial charge is 0.395 e. The van der Waals surface area contributed by atoms with Crippen LogP contribution < -0.4 is 16.2 Å². The number of nitrogens with one attached hydrogen (secondary N) is 2. The van der Waals surface area contributed by atoms with Gasteiger partial charge < -0.3 is 20.3 Å². The molecule has 7 nitrogen and oxygen atoms in total.